The third kappa shape index (κ3) is 4.46. The Bertz CT molecular complexity index is 1190. The molecule has 1 fully saturated rings. The van der Waals surface area contributed by atoms with E-state index in [1.165, 1.54) is 4.68 Å². The molecule has 1 aliphatic rings. The molecule has 8 nitrogen and oxygen atoms in total. The van der Waals surface area contributed by atoms with Crippen LogP contribution in [0.3, 0.4) is 0 Å². The van der Waals surface area contributed by atoms with Gasteiger partial charge in [0.1, 0.15) is 17.1 Å². The molecule has 3 aromatic rings. The number of thiol groups is 1. The number of morpholine rings is 1. The number of rotatable bonds is 5. The molecule has 0 amide bonds. The van der Waals surface area contributed by atoms with Crippen LogP contribution in [0.2, 0.25) is 0 Å². The highest BCUT2D eigenvalue weighted by atomic mass is 127. The Hall–Kier alpha value is -2.44. The summed E-state index contributed by atoms with van der Waals surface area (Å²) < 4.78 is 12.9. The lowest BCUT2D eigenvalue weighted by molar-refractivity contribution is 0.122. The van der Waals surface area contributed by atoms with Gasteiger partial charge in [-0.3, -0.25) is 4.79 Å². The summed E-state index contributed by atoms with van der Waals surface area (Å²) in [6, 6.07) is 12.4. The van der Waals surface area contributed by atoms with E-state index in [0.29, 0.717) is 30.3 Å². The van der Waals surface area contributed by atoms with Crippen molar-refractivity contribution in [2.75, 3.05) is 38.3 Å². The molecule has 0 atom stereocenters. The minimum Gasteiger partial charge on any atom is -0.497 e. The fraction of sp³-hybridized carbons (Fsp3) is 0.238. The van der Waals surface area contributed by atoms with Crippen LogP contribution in [0, 0.1) is 8.48 Å². The molecule has 1 aromatic heterocycles. The minimum absolute atomic E-state index is 0.122. The summed E-state index contributed by atoms with van der Waals surface area (Å²) in [6.45, 7) is 2.67. The number of anilines is 1. The predicted octanol–water partition coefficient (Wildman–Crippen LogP) is 4.04. The molecule has 10 heteroatoms. The normalized spacial score (nSPS) is 13.8. The van der Waals surface area contributed by atoms with E-state index in [9.17, 15) is 9.70 Å². The zero-order chi connectivity index (χ0) is 22.0. The van der Waals surface area contributed by atoms with Gasteiger partial charge in [0.15, 0.2) is 0 Å². The minimum atomic E-state index is -0.436. The van der Waals surface area contributed by atoms with Crippen molar-refractivity contribution in [3.05, 3.63) is 61.3 Å². The monoisotopic (exact) mass is 550 g/mol. The van der Waals surface area contributed by atoms with Crippen molar-refractivity contribution < 1.29 is 9.47 Å². The summed E-state index contributed by atoms with van der Waals surface area (Å²) >= 11 is 6.57. The first kappa shape index (κ1) is 21.8. The van der Waals surface area contributed by atoms with Crippen LogP contribution in [-0.4, -0.2) is 43.2 Å². The van der Waals surface area contributed by atoms with Crippen LogP contribution in [0.25, 0.3) is 16.9 Å². The maximum Gasteiger partial charge on any atom is 0.285 e. The molecule has 31 heavy (non-hydrogen) atoms. The first-order valence-corrected chi connectivity index (χ1v) is 11.0. The van der Waals surface area contributed by atoms with E-state index in [2.05, 4.69) is 50.4 Å². The molecule has 1 saturated heterocycles. The van der Waals surface area contributed by atoms with E-state index in [4.69, 9.17) is 9.47 Å². The lowest BCUT2D eigenvalue weighted by Gasteiger charge is -2.29. The van der Waals surface area contributed by atoms with Gasteiger partial charge in [-0.05, 0) is 70.2 Å². The Morgan fingerprint density at radius 2 is 1.94 bits per heavy atom. The average Bonchev–Trinajstić information content (AvgIpc) is 2.81. The Balaban J connectivity index is 1.88. The molecule has 0 aliphatic carbocycles. The van der Waals surface area contributed by atoms with Gasteiger partial charge >= 0.3 is 0 Å². The number of hydrogen-bond acceptors (Lipinski definition) is 8. The fourth-order valence-corrected chi connectivity index (χ4v) is 4.21. The summed E-state index contributed by atoms with van der Waals surface area (Å²) in [6.07, 6.45) is 0. The van der Waals surface area contributed by atoms with E-state index >= 15 is 0 Å². The lowest BCUT2D eigenvalue weighted by Crippen LogP contribution is -2.36. The number of halogens is 1. The third-order valence-corrected chi connectivity index (χ3v) is 6.26. The van der Waals surface area contributed by atoms with E-state index in [1.807, 2.05) is 24.3 Å². The third-order valence-electron chi connectivity index (χ3n) is 5.00. The number of aromatic nitrogens is 2. The van der Waals surface area contributed by atoms with Gasteiger partial charge in [0.25, 0.3) is 5.56 Å². The lowest BCUT2D eigenvalue weighted by atomic mass is 10.1. The van der Waals surface area contributed by atoms with Crippen LogP contribution in [0.4, 0.5) is 11.4 Å². The Labute approximate surface area is 197 Å². The largest absolute Gasteiger partial charge is 0.497 e. The predicted molar refractivity (Wildman–Crippen MR) is 130 cm³/mol. The summed E-state index contributed by atoms with van der Waals surface area (Å²) in [5, 5.41) is 7.67. The average molecular weight is 550 g/mol. The van der Waals surface area contributed by atoms with Crippen LogP contribution in [0.1, 0.15) is 0 Å². The molecule has 2 heterocycles. The molecule has 1 aliphatic heterocycles. The maximum atomic E-state index is 12.9. The van der Waals surface area contributed by atoms with Gasteiger partial charge < -0.3 is 14.4 Å². The molecule has 160 valence electrons. The van der Waals surface area contributed by atoms with Crippen molar-refractivity contribution >= 4 is 46.6 Å². The summed E-state index contributed by atoms with van der Waals surface area (Å²) in [7, 11) is 1.59. The van der Waals surface area contributed by atoms with Gasteiger partial charge in [-0.15, -0.1) is 17.5 Å². The number of ether oxygens (including phenoxy) is 2. The SMILES string of the molecule is COc1ccc(I)c(-c2cc(S)c(=O)n(-c3cc(N4CCOCC4)ccc3N=O)n2)c1. The van der Waals surface area contributed by atoms with Gasteiger partial charge in [0.05, 0.1) is 30.9 Å². The van der Waals surface area contributed by atoms with Crippen LogP contribution >= 0.6 is 35.2 Å². The Morgan fingerprint density at radius 3 is 2.65 bits per heavy atom. The molecular formula is C21H19IN4O4S. The smallest absolute Gasteiger partial charge is 0.285 e. The van der Waals surface area contributed by atoms with E-state index in [1.54, 1.807) is 25.3 Å². The topological polar surface area (TPSA) is 86.0 Å². The van der Waals surface area contributed by atoms with Crippen molar-refractivity contribution in [3.8, 4) is 22.7 Å². The Kier molecular flexibility index (Phi) is 6.58. The molecule has 0 spiro atoms. The zero-order valence-corrected chi connectivity index (χ0v) is 19.7. The molecule has 0 saturated carbocycles. The van der Waals surface area contributed by atoms with Crippen molar-refractivity contribution in [2.24, 2.45) is 5.18 Å². The number of hydrogen-bond donors (Lipinski definition) is 1. The molecule has 2 aromatic carbocycles. The highest BCUT2D eigenvalue weighted by molar-refractivity contribution is 14.1. The highest BCUT2D eigenvalue weighted by Crippen LogP contribution is 2.31. The molecule has 0 bridgehead atoms. The maximum absolute atomic E-state index is 12.9. The van der Waals surface area contributed by atoms with E-state index < -0.39 is 5.56 Å². The van der Waals surface area contributed by atoms with Crippen molar-refractivity contribution in [2.45, 2.75) is 4.90 Å². The quantitative estimate of drug-likeness (QED) is 0.294. The second kappa shape index (κ2) is 9.37. The number of nitroso groups, excluding NO2 is 1. The van der Waals surface area contributed by atoms with Crippen LogP contribution in [0.5, 0.6) is 5.75 Å². The second-order valence-corrected chi connectivity index (χ2v) is 8.49. The van der Waals surface area contributed by atoms with Crippen LogP contribution in [-0.2, 0) is 4.74 Å². The van der Waals surface area contributed by atoms with Crippen molar-refractivity contribution in [1.82, 2.24) is 9.78 Å². The number of benzene rings is 2. The van der Waals surface area contributed by atoms with E-state index in [0.717, 1.165) is 27.9 Å². The van der Waals surface area contributed by atoms with Gasteiger partial charge in [0, 0.05) is 27.9 Å². The molecule has 0 unspecified atom stereocenters. The first-order chi connectivity index (χ1) is 15.0. The molecule has 0 N–H and O–H groups in total. The molecule has 0 radical (unpaired) electrons. The summed E-state index contributed by atoms with van der Waals surface area (Å²) in [5.74, 6) is 0.667. The van der Waals surface area contributed by atoms with Gasteiger partial charge in [-0.1, -0.05) is 0 Å². The zero-order valence-electron chi connectivity index (χ0n) is 16.6. The number of nitrogens with zero attached hydrogens (tertiary/aromatic N) is 4. The Morgan fingerprint density at radius 1 is 1.16 bits per heavy atom. The number of methoxy groups -OCH3 is 1. The van der Waals surface area contributed by atoms with Gasteiger partial charge in [-0.25, -0.2) is 0 Å². The summed E-state index contributed by atoms with van der Waals surface area (Å²) in [4.78, 5) is 26.8. The van der Waals surface area contributed by atoms with E-state index in [-0.39, 0.29) is 10.6 Å². The second-order valence-electron chi connectivity index (χ2n) is 6.84. The first-order valence-electron chi connectivity index (χ1n) is 9.49. The van der Waals surface area contributed by atoms with Crippen LogP contribution < -0.4 is 15.2 Å². The summed E-state index contributed by atoms with van der Waals surface area (Å²) in [5.41, 5.74) is 2.17. The molecular weight excluding hydrogens is 531 g/mol. The highest BCUT2D eigenvalue weighted by Gasteiger charge is 2.18. The van der Waals surface area contributed by atoms with Gasteiger partial charge in [0.2, 0.25) is 0 Å². The van der Waals surface area contributed by atoms with Crippen molar-refractivity contribution in [3.63, 3.8) is 0 Å². The standard InChI is InChI=1S/C21H19IN4O4S/c1-29-14-3-4-16(22)15(11-14)18-12-20(31)21(27)26(23-18)19-10-13(2-5-17(19)24-28)25-6-8-30-9-7-25/h2-5,10-12,31H,6-9H2,1H3. The fourth-order valence-electron chi connectivity index (χ4n) is 3.38. The molecule has 4 rings (SSSR count). The van der Waals surface area contributed by atoms with Crippen molar-refractivity contribution in [1.29, 1.82) is 0 Å². The van der Waals surface area contributed by atoms with Gasteiger partial charge in [-0.2, -0.15) is 9.78 Å². The van der Waals surface area contributed by atoms with Crippen LogP contribution in [0.15, 0.2) is 57.3 Å².